The molecule has 0 aliphatic heterocycles. The first-order chi connectivity index (χ1) is 13.1. The van der Waals surface area contributed by atoms with E-state index in [1.807, 2.05) is 19.2 Å². The number of unbranched alkanes of at least 4 members (excludes halogenated alkanes) is 7. The molecule has 1 amide bonds. The van der Waals surface area contributed by atoms with E-state index in [0.29, 0.717) is 12.3 Å². The molecule has 27 heavy (non-hydrogen) atoms. The van der Waals surface area contributed by atoms with Crippen molar-refractivity contribution in [1.29, 1.82) is 0 Å². The largest absolute Gasteiger partial charge is 0.465 e. The number of ether oxygens (including phenoxy) is 1. The maximum Gasteiger partial charge on any atom is 0.325 e. The summed E-state index contributed by atoms with van der Waals surface area (Å²) in [7, 11) is 1.84. The van der Waals surface area contributed by atoms with Gasteiger partial charge in [0.2, 0.25) is 0 Å². The SMILES string of the molecule is C=CCCCCCCCCCNc1ccc(C(=O)NCC(=O)OCC)n1C. The Morgan fingerprint density at radius 1 is 1.11 bits per heavy atom. The quantitative estimate of drug-likeness (QED) is 0.275. The number of nitrogens with one attached hydrogen (secondary N) is 2. The van der Waals surface area contributed by atoms with Gasteiger partial charge < -0.3 is 19.9 Å². The van der Waals surface area contributed by atoms with Crippen molar-refractivity contribution in [2.45, 2.75) is 58.3 Å². The summed E-state index contributed by atoms with van der Waals surface area (Å²) in [6, 6.07) is 3.64. The fourth-order valence-electron chi connectivity index (χ4n) is 2.89. The van der Waals surface area contributed by atoms with Crippen LogP contribution >= 0.6 is 0 Å². The van der Waals surface area contributed by atoms with Crippen LogP contribution in [0, 0.1) is 0 Å². The predicted octanol–water partition coefficient (Wildman–Crippen LogP) is 4.04. The third-order valence-corrected chi connectivity index (χ3v) is 4.44. The van der Waals surface area contributed by atoms with Gasteiger partial charge in [-0.1, -0.05) is 38.2 Å². The molecular weight excluding hydrogens is 342 g/mol. The summed E-state index contributed by atoms with van der Waals surface area (Å²) in [4.78, 5) is 23.5. The average molecular weight is 378 g/mol. The monoisotopic (exact) mass is 377 g/mol. The Morgan fingerprint density at radius 3 is 2.44 bits per heavy atom. The van der Waals surface area contributed by atoms with Gasteiger partial charge in [-0.2, -0.15) is 0 Å². The van der Waals surface area contributed by atoms with Gasteiger partial charge in [-0.3, -0.25) is 9.59 Å². The molecule has 0 radical (unpaired) electrons. The molecule has 1 rings (SSSR count). The third kappa shape index (κ3) is 9.31. The molecule has 0 aliphatic rings. The molecule has 2 N–H and O–H groups in total. The molecule has 0 aromatic carbocycles. The number of anilines is 1. The molecule has 1 heterocycles. The second-order valence-corrected chi connectivity index (χ2v) is 6.63. The maximum atomic E-state index is 12.2. The van der Waals surface area contributed by atoms with Crippen LogP contribution in [-0.4, -0.2) is 36.1 Å². The predicted molar refractivity (Wildman–Crippen MR) is 110 cm³/mol. The highest BCUT2D eigenvalue weighted by atomic mass is 16.5. The lowest BCUT2D eigenvalue weighted by molar-refractivity contribution is -0.141. The van der Waals surface area contributed by atoms with Crippen LogP contribution in [0.25, 0.3) is 0 Å². The second kappa shape index (κ2) is 13.9. The van der Waals surface area contributed by atoms with Crippen LogP contribution in [0.4, 0.5) is 5.82 Å². The van der Waals surface area contributed by atoms with E-state index in [0.717, 1.165) is 25.2 Å². The standard InChI is InChI=1S/C21H35N3O3/c1-4-6-7-8-9-10-11-12-13-16-22-19-15-14-18(24(19)3)21(26)23-17-20(25)27-5-2/h4,14-15,22H,1,5-13,16-17H2,2-3H3,(H,23,26). The molecule has 0 fully saturated rings. The minimum absolute atomic E-state index is 0.117. The molecule has 1 aromatic heterocycles. The minimum atomic E-state index is -0.431. The number of amides is 1. The van der Waals surface area contributed by atoms with E-state index in [2.05, 4.69) is 17.2 Å². The van der Waals surface area contributed by atoms with Gasteiger partial charge in [-0.05, 0) is 38.3 Å². The Balaban J connectivity index is 2.21. The number of carbonyl (C=O) groups is 2. The maximum absolute atomic E-state index is 12.2. The molecule has 0 atom stereocenters. The van der Waals surface area contributed by atoms with Crippen molar-refractivity contribution >= 4 is 17.7 Å². The van der Waals surface area contributed by atoms with Gasteiger partial charge in [0.1, 0.15) is 18.1 Å². The zero-order valence-corrected chi connectivity index (χ0v) is 16.9. The Kier molecular flexibility index (Phi) is 11.7. The summed E-state index contributed by atoms with van der Waals surface area (Å²) >= 11 is 0. The number of hydrogen-bond donors (Lipinski definition) is 2. The van der Waals surface area contributed by atoms with Gasteiger partial charge in [0, 0.05) is 13.6 Å². The van der Waals surface area contributed by atoms with Crippen LogP contribution in [-0.2, 0) is 16.6 Å². The lowest BCUT2D eigenvalue weighted by Gasteiger charge is -2.10. The highest BCUT2D eigenvalue weighted by molar-refractivity contribution is 5.95. The number of carbonyl (C=O) groups excluding carboxylic acids is 2. The molecule has 0 saturated carbocycles. The van der Waals surface area contributed by atoms with Crippen LogP contribution in [0.15, 0.2) is 24.8 Å². The van der Waals surface area contributed by atoms with Crippen LogP contribution in [0.3, 0.4) is 0 Å². The van der Waals surface area contributed by atoms with Gasteiger partial charge in [0.25, 0.3) is 5.91 Å². The lowest BCUT2D eigenvalue weighted by atomic mass is 10.1. The molecule has 6 nitrogen and oxygen atoms in total. The summed E-state index contributed by atoms with van der Waals surface area (Å²) in [5.41, 5.74) is 0.515. The van der Waals surface area contributed by atoms with E-state index in [1.54, 1.807) is 17.6 Å². The Hall–Kier alpha value is -2.24. The van der Waals surface area contributed by atoms with Gasteiger partial charge in [-0.25, -0.2) is 0 Å². The zero-order valence-electron chi connectivity index (χ0n) is 16.9. The van der Waals surface area contributed by atoms with E-state index < -0.39 is 5.97 Å². The highest BCUT2D eigenvalue weighted by Gasteiger charge is 2.13. The third-order valence-electron chi connectivity index (χ3n) is 4.44. The van der Waals surface area contributed by atoms with Gasteiger partial charge in [0.15, 0.2) is 0 Å². The first-order valence-corrected chi connectivity index (χ1v) is 10.0. The van der Waals surface area contributed by atoms with Crippen molar-refractivity contribution in [3.63, 3.8) is 0 Å². The Morgan fingerprint density at radius 2 is 1.78 bits per heavy atom. The summed E-state index contributed by atoms with van der Waals surface area (Å²) in [5.74, 6) is 0.190. The number of nitrogens with zero attached hydrogens (tertiary/aromatic N) is 1. The zero-order chi connectivity index (χ0) is 19.9. The van der Waals surface area contributed by atoms with Crippen LogP contribution in [0.2, 0.25) is 0 Å². The molecule has 1 aromatic rings. The van der Waals surface area contributed by atoms with Crippen molar-refractivity contribution in [3.05, 3.63) is 30.5 Å². The number of hydrogen-bond acceptors (Lipinski definition) is 4. The van der Waals surface area contributed by atoms with Crippen molar-refractivity contribution in [3.8, 4) is 0 Å². The molecule has 152 valence electrons. The highest BCUT2D eigenvalue weighted by Crippen LogP contribution is 2.13. The van der Waals surface area contributed by atoms with E-state index in [1.165, 1.54) is 38.5 Å². The summed E-state index contributed by atoms with van der Waals surface area (Å²) in [6.07, 6.45) is 11.9. The van der Waals surface area contributed by atoms with E-state index >= 15 is 0 Å². The van der Waals surface area contributed by atoms with E-state index in [-0.39, 0.29) is 12.5 Å². The molecule has 0 aliphatic carbocycles. The Bertz CT molecular complexity index is 581. The van der Waals surface area contributed by atoms with Crippen molar-refractivity contribution in [2.75, 3.05) is 25.0 Å². The summed E-state index contributed by atoms with van der Waals surface area (Å²) < 4.78 is 6.61. The second-order valence-electron chi connectivity index (χ2n) is 6.63. The van der Waals surface area contributed by atoms with Crippen LogP contribution < -0.4 is 10.6 Å². The molecule has 0 bridgehead atoms. The van der Waals surface area contributed by atoms with Crippen molar-refractivity contribution in [1.82, 2.24) is 9.88 Å². The fraction of sp³-hybridized carbons (Fsp3) is 0.619. The van der Waals surface area contributed by atoms with Gasteiger partial charge in [0.05, 0.1) is 6.61 Å². The lowest BCUT2D eigenvalue weighted by Crippen LogP contribution is -2.31. The van der Waals surface area contributed by atoms with Crippen molar-refractivity contribution in [2.24, 2.45) is 7.05 Å². The first-order valence-electron chi connectivity index (χ1n) is 10.0. The summed E-state index contributed by atoms with van der Waals surface area (Å²) in [6.45, 7) is 6.56. The van der Waals surface area contributed by atoms with E-state index in [9.17, 15) is 9.59 Å². The molecule has 6 heteroatoms. The van der Waals surface area contributed by atoms with Crippen LogP contribution in [0.5, 0.6) is 0 Å². The smallest absolute Gasteiger partial charge is 0.325 e. The number of aromatic nitrogens is 1. The molecule has 0 saturated heterocycles. The van der Waals surface area contributed by atoms with Gasteiger partial charge >= 0.3 is 5.97 Å². The fourth-order valence-corrected chi connectivity index (χ4v) is 2.89. The van der Waals surface area contributed by atoms with Crippen molar-refractivity contribution < 1.29 is 14.3 Å². The topological polar surface area (TPSA) is 72.4 Å². The van der Waals surface area contributed by atoms with Crippen LogP contribution in [0.1, 0.15) is 68.8 Å². The molecule has 0 spiro atoms. The normalized spacial score (nSPS) is 10.4. The number of rotatable bonds is 15. The van der Waals surface area contributed by atoms with E-state index in [4.69, 9.17) is 4.74 Å². The minimum Gasteiger partial charge on any atom is -0.465 e. The molecule has 0 unspecified atom stereocenters. The first kappa shape index (κ1) is 22.8. The average Bonchev–Trinajstić information content (AvgIpc) is 3.02. The Labute approximate surface area is 163 Å². The summed E-state index contributed by atoms with van der Waals surface area (Å²) in [5, 5.41) is 5.95. The molecular formula is C21H35N3O3. The number of esters is 1. The van der Waals surface area contributed by atoms with Gasteiger partial charge in [-0.15, -0.1) is 6.58 Å². The number of allylic oxidation sites excluding steroid dienone is 1.